The van der Waals surface area contributed by atoms with Crippen molar-refractivity contribution in [2.24, 2.45) is 0 Å². The number of hydrogen-bond donors (Lipinski definition) is 2. The summed E-state index contributed by atoms with van der Waals surface area (Å²) in [5.41, 5.74) is 0.289. The van der Waals surface area contributed by atoms with Gasteiger partial charge in [-0.2, -0.15) is 0 Å². The fraction of sp³-hybridized carbons (Fsp3) is 0.533. The molecule has 1 aromatic rings. The van der Waals surface area contributed by atoms with E-state index in [1.54, 1.807) is 6.07 Å². The summed E-state index contributed by atoms with van der Waals surface area (Å²) >= 11 is 12.3. The van der Waals surface area contributed by atoms with E-state index in [0.29, 0.717) is 22.5 Å². The molecule has 1 amide bonds. The molecule has 2 rings (SSSR count). The van der Waals surface area contributed by atoms with Crippen LogP contribution in [-0.2, 0) is 10.3 Å². The van der Waals surface area contributed by atoms with Gasteiger partial charge in [0.1, 0.15) is 0 Å². The maximum Gasteiger partial charge on any atom is 0.222 e. The minimum atomic E-state index is -0.544. The molecule has 3 nitrogen and oxygen atoms in total. The molecule has 0 bridgehead atoms. The largest absolute Gasteiger partial charge is 0.347 e. The van der Waals surface area contributed by atoms with Crippen LogP contribution in [-0.4, -0.2) is 18.5 Å². The fourth-order valence-corrected chi connectivity index (χ4v) is 3.14. The summed E-state index contributed by atoms with van der Waals surface area (Å²) in [6, 6.07) is 5.77. The molecule has 1 unspecified atom stereocenters. The number of carbonyl (C=O) groups is 1. The van der Waals surface area contributed by atoms with E-state index in [1.807, 2.05) is 26.0 Å². The van der Waals surface area contributed by atoms with E-state index in [-0.39, 0.29) is 5.91 Å². The highest BCUT2D eigenvalue weighted by Gasteiger charge is 2.27. The minimum Gasteiger partial charge on any atom is -0.347 e. The van der Waals surface area contributed by atoms with Crippen molar-refractivity contribution in [3.05, 3.63) is 33.8 Å². The summed E-state index contributed by atoms with van der Waals surface area (Å²) in [5, 5.41) is 7.37. The SMILES string of the molecule is CC(C)(NC(=O)CC1CCCN1)c1cccc(Cl)c1Cl. The van der Waals surface area contributed by atoms with Gasteiger partial charge < -0.3 is 10.6 Å². The number of benzene rings is 1. The van der Waals surface area contributed by atoms with E-state index in [4.69, 9.17) is 23.2 Å². The molecule has 20 heavy (non-hydrogen) atoms. The molecule has 1 aliphatic rings. The zero-order valence-electron chi connectivity index (χ0n) is 11.8. The Kier molecular flexibility index (Phi) is 4.95. The maximum atomic E-state index is 12.2. The molecule has 110 valence electrons. The topological polar surface area (TPSA) is 41.1 Å². The smallest absolute Gasteiger partial charge is 0.222 e. The van der Waals surface area contributed by atoms with Crippen molar-refractivity contribution in [3.63, 3.8) is 0 Å². The zero-order valence-corrected chi connectivity index (χ0v) is 13.3. The van der Waals surface area contributed by atoms with Crippen LogP contribution in [0.15, 0.2) is 18.2 Å². The molecule has 1 heterocycles. The number of halogens is 2. The number of nitrogens with one attached hydrogen (secondary N) is 2. The lowest BCUT2D eigenvalue weighted by molar-refractivity contribution is -0.123. The Morgan fingerprint density at radius 2 is 2.20 bits per heavy atom. The van der Waals surface area contributed by atoms with Crippen molar-refractivity contribution in [3.8, 4) is 0 Å². The number of rotatable bonds is 4. The number of hydrogen-bond acceptors (Lipinski definition) is 2. The second kappa shape index (κ2) is 6.33. The normalized spacial score (nSPS) is 19.1. The highest BCUT2D eigenvalue weighted by molar-refractivity contribution is 6.42. The molecule has 0 aliphatic carbocycles. The van der Waals surface area contributed by atoms with Gasteiger partial charge in [-0.25, -0.2) is 0 Å². The summed E-state index contributed by atoms with van der Waals surface area (Å²) in [6.07, 6.45) is 2.70. The van der Waals surface area contributed by atoms with Gasteiger partial charge in [0.25, 0.3) is 0 Å². The Hall–Kier alpha value is -0.770. The molecule has 1 aliphatic heterocycles. The van der Waals surface area contributed by atoms with E-state index in [2.05, 4.69) is 10.6 Å². The predicted molar refractivity (Wildman–Crippen MR) is 83.3 cm³/mol. The highest BCUT2D eigenvalue weighted by atomic mass is 35.5. The van der Waals surface area contributed by atoms with Gasteiger partial charge >= 0.3 is 0 Å². The summed E-state index contributed by atoms with van der Waals surface area (Å²) in [5.74, 6) is 0.0328. The summed E-state index contributed by atoms with van der Waals surface area (Å²) in [6.45, 7) is 4.87. The van der Waals surface area contributed by atoms with Gasteiger partial charge in [-0.1, -0.05) is 35.3 Å². The van der Waals surface area contributed by atoms with Crippen molar-refractivity contribution in [2.75, 3.05) is 6.54 Å². The van der Waals surface area contributed by atoms with Gasteiger partial charge in [-0.3, -0.25) is 4.79 Å². The second-order valence-corrected chi connectivity index (χ2v) is 6.56. The van der Waals surface area contributed by atoms with Crippen LogP contribution in [0.3, 0.4) is 0 Å². The van der Waals surface area contributed by atoms with Crippen molar-refractivity contribution >= 4 is 29.1 Å². The molecule has 0 saturated carbocycles. The summed E-state index contributed by atoms with van der Waals surface area (Å²) in [4.78, 5) is 12.2. The third kappa shape index (κ3) is 3.66. The lowest BCUT2D eigenvalue weighted by Crippen LogP contribution is -2.43. The molecule has 0 spiro atoms. The first-order valence-corrected chi connectivity index (χ1v) is 7.64. The molecule has 1 aromatic carbocycles. The average Bonchev–Trinajstić information content (AvgIpc) is 2.84. The predicted octanol–water partition coefficient (Wildman–Crippen LogP) is 3.49. The first kappa shape index (κ1) is 15.6. The van der Waals surface area contributed by atoms with Crippen LogP contribution >= 0.6 is 23.2 Å². The Labute approximate surface area is 130 Å². The minimum absolute atomic E-state index is 0.0328. The highest BCUT2D eigenvalue weighted by Crippen LogP contribution is 2.33. The molecule has 1 atom stereocenters. The third-order valence-corrected chi connectivity index (χ3v) is 4.49. The monoisotopic (exact) mass is 314 g/mol. The standard InChI is InChI=1S/C15H20Cl2N2O/c1-15(2,11-6-3-7-12(16)14(11)17)19-13(20)9-10-5-4-8-18-10/h3,6-7,10,18H,4-5,8-9H2,1-2H3,(H,19,20). The van der Waals surface area contributed by atoms with Gasteiger partial charge in [0.2, 0.25) is 5.91 Å². The number of amides is 1. The third-order valence-electron chi connectivity index (χ3n) is 3.67. The van der Waals surface area contributed by atoms with E-state index in [9.17, 15) is 4.79 Å². The maximum absolute atomic E-state index is 12.2. The quantitative estimate of drug-likeness (QED) is 0.893. The molecule has 2 N–H and O–H groups in total. The van der Waals surface area contributed by atoms with Gasteiger partial charge in [0, 0.05) is 12.5 Å². The Morgan fingerprint density at radius 3 is 2.85 bits per heavy atom. The summed E-state index contributed by atoms with van der Waals surface area (Å²) in [7, 11) is 0. The van der Waals surface area contributed by atoms with Crippen LogP contribution in [0.25, 0.3) is 0 Å². The Morgan fingerprint density at radius 1 is 1.45 bits per heavy atom. The first-order chi connectivity index (χ1) is 9.40. The van der Waals surface area contributed by atoms with Crippen molar-refractivity contribution in [1.82, 2.24) is 10.6 Å². The molecule has 0 aromatic heterocycles. The van der Waals surface area contributed by atoms with Gasteiger partial charge in [0.05, 0.1) is 15.6 Å². The molecule has 1 fully saturated rings. The lowest BCUT2D eigenvalue weighted by atomic mass is 9.93. The van der Waals surface area contributed by atoms with Gasteiger partial charge in [0.15, 0.2) is 0 Å². The fourth-order valence-electron chi connectivity index (χ4n) is 2.61. The average molecular weight is 315 g/mol. The summed E-state index contributed by atoms with van der Waals surface area (Å²) < 4.78 is 0. The molecule has 5 heteroatoms. The van der Waals surface area contributed by atoms with Crippen molar-refractivity contribution < 1.29 is 4.79 Å². The van der Waals surface area contributed by atoms with E-state index in [1.165, 1.54) is 0 Å². The van der Waals surface area contributed by atoms with Crippen LogP contribution in [0.1, 0.15) is 38.7 Å². The van der Waals surface area contributed by atoms with Crippen molar-refractivity contribution in [2.45, 2.75) is 44.7 Å². The zero-order chi connectivity index (χ0) is 14.8. The lowest BCUT2D eigenvalue weighted by Gasteiger charge is -2.28. The van der Waals surface area contributed by atoms with Crippen LogP contribution in [0, 0.1) is 0 Å². The Balaban J connectivity index is 2.05. The van der Waals surface area contributed by atoms with E-state index in [0.717, 1.165) is 24.9 Å². The Bertz CT molecular complexity index is 497. The second-order valence-electron chi connectivity index (χ2n) is 5.77. The van der Waals surface area contributed by atoms with E-state index >= 15 is 0 Å². The van der Waals surface area contributed by atoms with E-state index < -0.39 is 5.54 Å². The van der Waals surface area contributed by atoms with Crippen LogP contribution in [0.4, 0.5) is 0 Å². The molecule has 0 radical (unpaired) electrons. The molecular weight excluding hydrogens is 295 g/mol. The van der Waals surface area contributed by atoms with Gasteiger partial charge in [-0.15, -0.1) is 0 Å². The van der Waals surface area contributed by atoms with Crippen LogP contribution < -0.4 is 10.6 Å². The molecule has 1 saturated heterocycles. The van der Waals surface area contributed by atoms with Gasteiger partial charge in [-0.05, 0) is 44.9 Å². The first-order valence-electron chi connectivity index (χ1n) is 6.89. The van der Waals surface area contributed by atoms with Crippen molar-refractivity contribution in [1.29, 1.82) is 0 Å². The number of carbonyl (C=O) groups excluding carboxylic acids is 1. The molecular formula is C15H20Cl2N2O. The van der Waals surface area contributed by atoms with Crippen LogP contribution in [0.5, 0.6) is 0 Å². The van der Waals surface area contributed by atoms with Crippen LogP contribution in [0.2, 0.25) is 10.0 Å².